The average molecular weight is 178 g/mol. The van der Waals surface area contributed by atoms with Crippen LogP contribution in [0.2, 0.25) is 0 Å². The van der Waals surface area contributed by atoms with Gasteiger partial charge in [-0.25, -0.2) is 0 Å². The van der Waals surface area contributed by atoms with Crippen molar-refractivity contribution in [3.63, 3.8) is 0 Å². The number of hydrogen-bond acceptors (Lipinski definition) is 3. The van der Waals surface area contributed by atoms with Gasteiger partial charge in [0.15, 0.2) is 0 Å². The number of nitrogens with one attached hydrogen (secondary N) is 2. The first-order valence-electron chi connectivity index (χ1n) is 4.52. The highest BCUT2D eigenvalue weighted by atomic mass is 16.3. The molecule has 1 heterocycles. The summed E-state index contributed by atoms with van der Waals surface area (Å²) in [5.41, 5.74) is 2.00. The van der Waals surface area contributed by atoms with Crippen molar-refractivity contribution in [1.82, 2.24) is 5.32 Å². The van der Waals surface area contributed by atoms with Gasteiger partial charge >= 0.3 is 0 Å². The van der Waals surface area contributed by atoms with E-state index in [1.54, 1.807) is 6.07 Å². The van der Waals surface area contributed by atoms with E-state index in [-0.39, 0.29) is 0 Å². The lowest BCUT2D eigenvalue weighted by molar-refractivity contribution is 0.468. The number of phenolic OH excluding ortho intramolecular Hbond substituents is 1. The van der Waals surface area contributed by atoms with Crippen molar-refractivity contribution in [2.24, 2.45) is 0 Å². The molecule has 0 aromatic heterocycles. The standard InChI is InChI=1S/C10H14N2O/c1-7-4-8(2-3-10(7)13)12-9-5-11-6-9/h2-4,9,11-13H,5-6H2,1H3. The Kier molecular flexibility index (Phi) is 2.10. The van der Waals surface area contributed by atoms with Gasteiger partial charge in [0.2, 0.25) is 0 Å². The quantitative estimate of drug-likeness (QED) is 0.594. The summed E-state index contributed by atoms with van der Waals surface area (Å²) in [6.45, 7) is 3.96. The second-order valence-electron chi connectivity index (χ2n) is 3.50. The molecule has 0 radical (unpaired) electrons. The predicted octanol–water partition coefficient (Wildman–Crippen LogP) is 1.08. The van der Waals surface area contributed by atoms with Gasteiger partial charge in [-0.05, 0) is 30.7 Å². The van der Waals surface area contributed by atoms with Gasteiger partial charge in [0.1, 0.15) is 5.75 Å². The molecule has 1 fully saturated rings. The van der Waals surface area contributed by atoms with E-state index >= 15 is 0 Å². The molecule has 1 aliphatic heterocycles. The third-order valence-corrected chi connectivity index (χ3v) is 2.35. The van der Waals surface area contributed by atoms with E-state index in [9.17, 15) is 5.11 Å². The summed E-state index contributed by atoms with van der Waals surface area (Å²) in [5, 5.41) is 15.9. The molecule has 0 amide bonds. The molecule has 1 aliphatic rings. The maximum absolute atomic E-state index is 9.31. The first kappa shape index (κ1) is 8.38. The van der Waals surface area contributed by atoms with Gasteiger partial charge in [-0.3, -0.25) is 0 Å². The Balaban J connectivity index is 2.07. The minimum Gasteiger partial charge on any atom is -0.508 e. The number of benzene rings is 1. The fourth-order valence-corrected chi connectivity index (χ4v) is 1.37. The van der Waals surface area contributed by atoms with E-state index in [0.29, 0.717) is 11.8 Å². The highest BCUT2D eigenvalue weighted by Crippen LogP contribution is 2.20. The first-order chi connectivity index (χ1) is 6.25. The zero-order chi connectivity index (χ0) is 9.26. The number of aryl methyl sites for hydroxylation is 1. The summed E-state index contributed by atoms with van der Waals surface area (Å²) in [5.74, 6) is 0.359. The Morgan fingerprint density at radius 3 is 2.77 bits per heavy atom. The summed E-state index contributed by atoms with van der Waals surface area (Å²) in [6, 6.07) is 6.14. The van der Waals surface area contributed by atoms with Gasteiger partial charge in [-0.15, -0.1) is 0 Å². The summed E-state index contributed by atoms with van der Waals surface area (Å²) in [6.07, 6.45) is 0. The number of aromatic hydroxyl groups is 1. The zero-order valence-corrected chi connectivity index (χ0v) is 7.67. The number of anilines is 1. The minimum absolute atomic E-state index is 0.359. The van der Waals surface area contributed by atoms with Crippen LogP contribution in [0.4, 0.5) is 5.69 Å². The predicted molar refractivity (Wildman–Crippen MR) is 53.1 cm³/mol. The SMILES string of the molecule is Cc1cc(NC2CNC2)ccc1O. The number of phenols is 1. The Morgan fingerprint density at radius 1 is 1.46 bits per heavy atom. The van der Waals surface area contributed by atoms with Crippen LogP contribution in [0.3, 0.4) is 0 Å². The highest BCUT2D eigenvalue weighted by Gasteiger charge is 2.15. The van der Waals surface area contributed by atoms with Crippen molar-refractivity contribution in [2.75, 3.05) is 18.4 Å². The maximum Gasteiger partial charge on any atom is 0.118 e. The van der Waals surface area contributed by atoms with Crippen LogP contribution in [-0.4, -0.2) is 24.2 Å². The third kappa shape index (κ3) is 1.75. The smallest absolute Gasteiger partial charge is 0.118 e. The lowest BCUT2D eigenvalue weighted by Gasteiger charge is -2.29. The molecule has 1 saturated heterocycles. The second-order valence-corrected chi connectivity index (χ2v) is 3.50. The Morgan fingerprint density at radius 2 is 2.23 bits per heavy atom. The largest absolute Gasteiger partial charge is 0.508 e. The van der Waals surface area contributed by atoms with Gasteiger partial charge in [0, 0.05) is 18.8 Å². The van der Waals surface area contributed by atoms with Crippen LogP contribution in [0, 0.1) is 6.92 Å². The first-order valence-corrected chi connectivity index (χ1v) is 4.52. The van der Waals surface area contributed by atoms with Crippen molar-refractivity contribution < 1.29 is 5.11 Å². The Hall–Kier alpha value is -1.22. The maximum atomic E-state index is 9.31. The van der Waals surface area contributed by atoms with Crippen molar-refractivity contribution in [2.45, 2.75) is 13.0 Å². The molecule has 1 aromatic rings. The van der Waals surface area contributed by atoms with Gasteiger partial charge in [-0.1, -0.05) is 0 Å². The summed E-state index contributed by atoms with van der Waals surface area (Å²) in [4.78, 5) is 0. The fraction of sp³-hybridized carbons (Fsp3) is 0.400. The van der Waals surface area contributed by atoms with E-state index in [4.69, 9.17) is 0 Å². The summed E-state index contributed by atoms with van der Waals surface area (Å²) >= 11 is 0. The van der Waals surface area contributed by atoms with Gasteiger partial charge in [0.25, 0.3) is 0 Å². The molecule has 2 rings (SSSR count). The lowest BCUT2D eigenvalue weighted by Crippen LogP contribution is -2.51. The Bertz CT molecular complexity index is 308. The molecule has 13 heavy (non-hydrogen) atoms. The van der Waals surface area contributed by atoms with Crippen LogP contribution < -0.4 is 10.6 Å². The molecule has 0 spiro atoms. The van der Waals surface area contributed by atoms with Gasteiger partial charge in [-0.2, -0.15) is 0 Å². The van der Waals surface area contributed by atoms with Gasteiger partial charge in [0.05, 0.1) is 6.04 Å². The molecule has 0 unspecified atom stereocenters. The molecule has 1 aromatic carbocycles. The van der Waals surface area contributed by atoms with E-state index < -0.39 is 0 Å². The second kappa shape index (κ2) is 3.26. The van der Waals surface area contributed by atoms with Crippen LogP contribution >= 0.6 is 0 Å². The van der Waals surface area contributed by atoms with Gasteiger partial charge < -0.3 is 15.7 Å². The molecular formula is C10H14N2O. The molecule has 0 bridgehead atoms. The van der Waals surface area contributed by atoms with Crippen LogP contribution in [0.25, 0.3) is 0 Å². The number of rotatable bonds is 2. The molecule has 3 nitrogen and oxygen atoms in total. The monoisotopic (exact) mass is 178 g/mol. The number of hydrogen-bond donors (Lipinski definition) is 3. The third-order valence-electron chi connectivity index (χ3n) is 2.35. The fourth-order valence-electron chi connectivity index (χ4n) is 1.37. The van der Waals surface area contributed by atoms with Crippen molar-refractivity contribution >= 4 is 5.69 Å². The molecule has 70 valence electrons. The normalized spacial score (nSPS) is 16.7. The molecule has 0 atom stereocenters. The highest BCUT2D eigenvalue weighted by molar-refractivity contribution is 5.51. The lowest BCUT2D eigenvalue weighted by atomic mass is 10.1. The zero-order valence-electron chi connectivity index (χ0n) is 7.67. The van der Waals surface area contributed by atoms with Crippen molar-refractivity contribution in [1.29, 1.82) is 0 Å². The topological polar surface area (TPSA) is 44.3 Å². The molecule has 3 N–H and O–H groups in total. The Labute approximate surface area is 77.8 Å². The molecule has 0 saturated carbocycles. The molecule has 0 aliphatic carbocycles. The van der Waals surface area contributed by atoms with E-state index in [1.807, 2.05) is 19.1 Å². The van der Waals surface area contributed by atoms with Crippen molar-refractivity contribution in [3.8, 4) is 5.75 Å². The van der Waals surface area contributed by atoms with E-state index in [0.717, 1.165) is 24.3 Å². The average Bonchev–Trinajstić information content (AvgIpc) is 2.04. The van der Waals surface area contributed by atoms with Crippen LogP contribution in [0.15, 0.2) is 18.2 Å². The van der Waals surface area contributed by atoms with E-state index in [1.165, 1.54) is 0 Å². The van der Waals surface area contributed by atoms with E-state index in [2.05, 4.69) is 10.6 Å². The van der Waals surface area contributed by atoms with Crippen LogP contribution in [-0.2, 0) is 0 Å². The van der Waals surface area contributed by atoms with Crippen LogP contribution in [0.1, 0.15) is 5.56 Å². The van der Waals surface area contributed by atoms with Crippen molar-refractivity contribution in [3.05, 3.63) is 23.8 Å². The molecular weight excluding hydrogens is 164 g/mol. The molecule has 3 heteroatoms. The summed E-state index contributed by atoms with van der Waals surface area (Å²) in [7, 11) is 0. The van der Waals surface area contributed by atoms with Crippen LogP contribution in [0.5, 0.6) is 5.75 Å². The summed E-state index contributed by atoms with van der Waals surface area (Å²) < 4.78 is 0. The minimum atomic E-state index is 0.359.